The smallest absolute Gasteiger partial charge is 0.268 e. The van der Waals surface area contributed by atoms with Gasteiger partial charge in [-0.25, -0.2) is 13.2 Å². The van der Waals surface area contributed by atoms with Gasteiger partial charge in [-0.15, -0.1) is 0 Å². The molecule has 0 amide bonds. The van der Waals surface area contributed by atoms with Crippen molar-refractivity contribution < 1.29 is 13.2 Å². The molecule has 0 spiro atoms. The van der Waals surface area contributed by atoms with Crippen LogP contribution in [-0.2, 0) is 6.42 Å². The van der Waals surface area contributed by atoms with Gasteiger partial charge in [-0.2, -0.15) is 5.26 Å². The highest BCUT2D eigenvalue weighted by molar-refractivity contribution is 5.52. The Morgan fingerprint density at radius 3 is 2.71 bits per heavy atom. The molecule has 0 unspecified atom stereocenters. The first-order valence-electron chi connectivity index (χ1n) is 3.65. The van der Waals surface area contributed by atoms with Crippen LogP contribution in [0, 0.1) is 17.1 Å². The second-order valence-electron chi connectivity index (χ2n) is 2.52. The SMILES string of the molecule is N#CCc1ncc(F)c(C(F)F)c1N. The van der Waals surface area contributed by atoms with Crippen molar-refractivity contribution in [1.82, 2.24) is 4.98 Å². The molecule has 0 aliphatic heterocycles. The molecular weight excluding hydrogens is 195 g/mol. The van der Waals surface area contributed by atoms with E-state index >= 15 is 0 Å². The normalized spacial score (nSPS) is 10.2. The van der Waals surface area contributed by atoms with E-state index in [0.29, 0.717) is 6.20 Å². The maximum atomic E-state index is 12.8. The number of nitrogens with zero attached hydrogens (tertiary/aromatic N) is 2. The number of alkyl halides is 2. The van der Waals surface area contributed by atoms with E-state index in [4.69, 9.17) is 11.0 Å². The Labute approximate surface area is 78.0 Å². The first kappa shape index (κ1) is 10.3. The second kappa shape index (κ2) is 3.96. The van der Waals surface area contributed by atoms with Crippen molar-refractivity contribution >= 4 is 5.69 Å². The van der Waals surface area contributed by atoms with Crippen LogP contribution in [0.1, 0.15) is 17.7 Å². The number of pyridine rings is 1. The molecule has 0 aliphatic carbocycles. The zero-order valence-corrected chi connectivity index (χ0v) is 6.97. The van der Waals surface area contributed by atoms with Crippen molar-refractivity contribution in [2.75, 3.05) is 5.73 Å². The Bertz CT molecular complexity index is 384. The van der Waals surface area contributed by atoms with Crippen LogP contribution in [0.15, 0.2) is 6.20 Å². The Kier molecular flexibility index (Phi) is 2.92. The molecule has 74 valence electrons. The number of anilines is 1. The van der Waals surface area contributed by atoms with Crippen molar-refractivity contribution in [2.45, 2.75) is 12.8 Å². The summed E-state index contributed by atoms with van der Waals surface area (Å²) in [6.07, 6.45) is -2.58. The number of aromatic nitrogens is 1. The van der Waals surface area contributed by atoms with Gasteiger partial charge in [0.05, 0.1) is 35.6 Å². The molecular formula is C8H6F3N3. The predicted molar refractivity (Wildman–Crippen MR) is 42.9 cm³/mol. The number of nitriles is 1. The summed E-state index contributed by atoms with van der Waals surface area (Å²) in [5.41, 5.74) is 3.89. The van der Waals surface area contributed by atoms with Crippen LogP contribution in [0.25, 0.3) is 0 Å². The Hall–Kier alpha value is -1.77. The molecule has 0 saturated heterocycles. The van der Waals surface area contributed by atoms with Gasteiger partial charge in [0, 0.05) is 0 Å². The van der Waals surface area contributed by atoms with E-state index in [-0.39, 0.29) is 12.1 Å². The lowest BCUT2D eigenvalue weighted by Crippen LogP contribution is -2.05. The molecule has 0 atom stereocenters. The highest BCUT2D eigenvalue weighted by Gasteiger charge is 2.20. The van der Waals surface area contributed by atoms with E-state index in [0.717, 1.165) is 0 Å². The van der Waals surface area contributed by atoms with Crippen LogP contribution >= 0.6 is 0 Å². The van der Waals surface area contributed by atoms with Crippen molar-refractivity contribution in [3.8, 4) is 6.07 Å². The van der Waals surface area contributed by atoms with Gasteiger partial charge in [0.15, 0.2) is 5.82 Å². The lowest BCUT2D eigenvalue weighted by atomic mass is 10.1. The highest BCUT2D eigenvalue weighted by Crippen LogP contribution is 2.29. The molecule has 2 N–H and O–H groups in total. The van der Waals surface area contributed by atoms with Crippen LogP contribution in [0.5, 0.6) is 0 Å². The van der Waals surface area contributed by atoms with Gasteiger partial charge in [0.25, 0.3) is 6.43 Å². The fraction of sp³-hybridized carbons (Fsp3) is 0.250. The second-order valence-corrected chi connectivity index (χ2v) is 2.52. The molecule has 1 aromatic rings. The van der Waals surface area contributed by atoms with Gasteiger partial charge >= 0.3 is 0 Å². The summed E-state index contributed by atoms with van der Waals surface area (Å²) in [6.45, 7) is 0. The standard InChI is InChI=1S/C8H6F3N3/c9-4-3-14-5(1-2-12)7(13)6(4)8(10)11/h3,8H,1,13H2. The minimum absolute atomic E-state index is 0.0239. The fourth-order valence-corrected chi connectivity index (χ4v) is 0.995. The Morgan fingerprint density at radius 1 is 1.57 bits per heavy atom. The Balaban J connectivity index is 3.28. The first-order valence-corrected chi connectivity index (χ1v) is 3.65. The maximum Gasteiger partial charge on any atom is 0.268 e. The predicted octanol–water partition coefficient (Wildman–Crippen LogP) is 1.81. The number of hydrogen-bond acceptors (Lipinski definition) is 3. The topological polar surface area (TPSA) is 62.7 Å². The van der Waals surface area contributed by atoms with E-state index in [9.17, 15) is 13.2 Å². The summed E-state index contributed by atoms with van der Waals surface area (Å²) in [6, 6.07) is 1.70. The molecule has 14 heavy (non-hydrogen) atoms. The maximum absolute atomic E-state index is 12.8. The summed E-state index contributed by atoms with van der Waals surface area (Å²) in [7, 11) is 0. The van der Waals surface area contributed by atoms with Gasteiger partial charge in [-0.05, 0) is 0 Å². The molecule has 0 bridgehead atoms. The monoisotopic (exact) mass is 201 g/mol. The molecule has 0 aromatic carbocycles. The third-order valence-corrected chi connectivity index (χ3v) is 1.66. The molecule has 0 fully saturated rings. The number of rotatable bonds is 2. The van der Waals surface area contributed by atoms with Crippen LogP contribution in [-0.4, -0.2) is 4.98 Å². The van der Waals surface area contributed by atoms with Gasteiger partial charge < -0.3 is 5.73 Å². The van der Waals surface area contributed by atoms with Gasteiger partial charge in [-0.3, -0.25) is 4.98 Å². The molecule has 6 heteroatoms. The van der Waals surface area contributed by atoms with E-state index < -0.39 is 23.5 Å². The van der Waals surface area contributed by atoms with Gasteiger partial charge in [0.2, 0.25) is 0 Å². The summed E-state index contributed by atoms with van der Waals surface area (Å²) in [5, 5.41) is 8.32. The largest absolute Gasteiger partial charge is 0.397 e. The molecule has 1 heterocycles. The number of nitrogens with two attached hydrogens (primary N) is 1. The lowest BCUT2D eigenvalue weighted by Gasteiger charge is -2.08. The number of hydrogen-bond donors (Lipinski definition) is 1. The number of nitrogen functional groups attached to an aromatic ring is 1. The zero-order chi connectivity index (χ0) is 10.7. The van der Waals surface area contributed by atoms with Crippen LogP contribution in [0.3, 0.4) is 0 Å². The average molecular weight is 201 g/mol. The summed E-state index contributed by atoms with van der Waals surface area (Å²) in [4.78, 5) is 3.45. The third kappa shape index (κ3) is 1.76. The minimum Gasteiger partial charge on any atom is -0.397 e. The molecule has 3 nitrogen and oxygen atoms in total. The first-order chi connectivity index (χ1) is 6.57. The fourth-order valence-electron chi connectivity index (χ4n) is 0.995. The van der Waals surface area contributed by atoms with Gasteiger partial charge in [-0.1, -0.05) is 0 Å². The van der Waals surface area contributed by atoms with E-state index in [1.807, 2.05) is 0 Å². The average Bonchev–Trinajstić information content (AvgIpc) is 2.10. The summed E-state index contributed by atoms with van der Waals surface area (Å²) >= 11 is 0. The van der Waals surface area contributed by atoms with Crippen molar-refractivity contribution in [1.29, 1.82) is 5.26 Å². The minimum atomic E-state index is -3.00. The Morgan fingerprint density at radius 2 is 2.21 bits per heavy atom. The molecule has 0 saturated carbocycles. The van der Waals surface area contributed by atoms with Crippen molar-refractivity contribution in [3.05, 3.63) is 23.3 Å². The molecule has 1 rings (SSSR count). The quantitative estimate of drug-likeness (QED) is 0.793. The highest BCUT2D eigenvalue weighted by atomic mass is 19.3. The van der Waals surface area contributed by atoms with Crippen LogP contribution < -0.4 is 5.73 Å². The van der Waals surface area contributed by atoms with E-state index in [1.165, 1.54) is 0 Å². The summed E-state index contributed by atoms with van der Waals surface area (Å²) < 4.78 is 37.4. The van der Waals surface area contributed by atoms with Crippen LogP contribution in [0.4, 0.5) is 18.9 Å². The molecule has 0 radical (unpaired) electrons. The van der Waals surface area contributed by atoms with E-state index in [2.05, 4.69) is 4.98 Å². The lowest BCUT2D eigenvalue weighted by molar-refractivity contribution is 0.147. The molecule has 0 aliphatic rings. The van der Waals surface area contributed by atoms with Crippen molar-refractivity contribution in [2.24, 2.45) is 0 Å². The number of halogens is 3. The van der Waals surface area contributed by atoms with Gasteiger partial charge in [0.1, 0.15) is 0 Å². The summed E-state index contributed by atoms with van der Waals surface area (Å²) in [5.74, 6) is -1.15. The molecule has 1 aromatic heterocycles. The third-order valence-electron chi connectivity index (χ3n) is 1.66. The zero-order valence-electron chi connectivity index (χ0n) is 6.97. The van der Waals surface area contributed by atoms with Crippen LogP contribution in [0.2, 0.25) is 0 Å². The van der Waals surface area contributed by atoms with Crippen molar-refractivity contribution in [3.63, 3.8) is 0 Å². The van der Waals surface area contributed by atoms with E-state index in [1.54, 1.807) is 6.07 Å².